The molecule has 1 atom stereocenters. The number of nitriles is 1. The molecule has 2 N–H and O–H groups in total. The van der Waals surface area contributed by atoms with Crippen LogP contribution in [-0.4, -0.2) is 43.3 Å². The normalized spacial score (nSPS) is 15.9. The molecule has 0 radical (unpaired) electrons. The van der Waals surface area contributed by atoms with Gasteiger partial charge >= 0.3 is 0 Å². The summed E-state index contributed by atoms with van der Waals surface area (Å²) in [4.78, 5) is 2.31. The van der Waals surface area contributed by atoms with Crippen LogP contribution in [0.15, 0.2) is 12.1 Å². The summed E-state index contributed by atoms with van der Waals surface area (Å²) in [5, 5.41) is 23.0. The molecule has 22 heavy (non-hydrogen) atoms. The molecule has 1 aromatic rings. The number of methoxy groups -OCH3 is 1. The minimum atomic E-state index is 0. The first-order valence-corrected chi connectivity index (χ1v) is 6.97. The number of phenols is 1. The number of nitrogens with one attached hydrogen (secondary N) is 1. The van der Waals surface area contributed by atoms with E-state index in [-0.39, 0.29) is 36.6 Å². The van der Waals surface area contributed by atoms with Gasteiger partial charge in [-0.15, -0.1) is 24.8 Å². The Labute approximate surface area is 144 Å². The summed E-state index contributed by atoms with van der Waals surface area (Å²) in [6, 6.07) is 5.59. The fraction of sp³-hybridized carbons (Fsp3) is 0.533. The van der Waals surface area contributed by atoms with E-state index in [1.807, 2.05) is 0 Å². The fourth-order valence-corrected chi connectivity index (χ4v) is 2.83. The van der Waals surface area contributed by atoms with E-state index in [0.29, 0.717) is 16.9 Å². The Hall–Kier alpha value is -1.19. The van der Waals surface area contributed by atoms with Crippen LogP contribution < -0.4 is 10.1 Å². The maximum Gasteiger partial charge on any atom is 0.163 e. The van der Waals surface area contributed by atoms with Gasteiger partial charge in [0.05, 0.1) is 18.7 Å². The second-order valence-corrected chi connectivity index (χ2v) is 4.90. The summed E-state index contributed by atoms with van der Waals surface area (Å²) in [5.74, 6) is 0.518. The van der Waals surface area contributed by atoms with E-state index in [1.54, 1.807) is 12.1 Å². The van der Waals surface area contributed by atoms with E-state index in [9.17, 15) is 10.4 Å². The van der Waals surface area contributed by atoms with Gasteiger partial charge in [0.2, 0.25) is 0 Å². The van der Waals surface area contributed by atoms with E-state index in [1.165, 1.54) is 7.11 Å². The van der Waals surface area contributed by atoms with Crippen molar-refractivity contribution in [2.45, 2.75) is 19.4 Å². The van der Waals surface area contributed by atoms with Crippen LogP contribution >= 0.6 is 24.8 Å². The summed E-state index contributed by atoms with van der Waals surface area (Å²) in [6.45, 7) is 5.78. The van der Waals surface area contributed by atoms with Crippen LogP contribution in [0.4, 0.5) is 0 Å². The quantitative estimate of drug-likeness (QED) is 0.875. The van der Waals surface area contributed by atoms with Crippen LogP contribution in [0.5, 0.6) is 11.5 Å². The molecule has 124 valence electrons. The van der Waals surface area contributed by atoms with Crippen LogP contribution in [0.2, 0.25) is 0 Å². The van der Waals surface area contributed by atoms with E-state index >= 15 is 0 Å². The number of aromatic hydroxyl groups is 1. The molecule has 0 spiro atoms. The van der Waals surface area contributed by atoms with Crippen molar-refractivity contribution in [3.05, 3.63) is 23.3 Å². The van der Waals surface area contributed by atoms with Crippen molar-refractivity contribution in [3.63, 3.8) is 0 Å². The van der Waals surface area contributed by atoms with E-state index in [2.05, 4.69) is 23.2 Å². The van der Waals surface area contributed by atoms with Gasteiger partial charge in [-0.25, -0.2) is 0 Å². The topological polar surface area (TPSA) is 68.5 Å². The Morgan fingerprint density at radius 3 is 2.50 bits per heavy atom. The molecule has 1 saturated heterocycles. The Bertz CT molecular complexity index is 514. The van der Waals surface area contributed by atoms with Gasteiger partial charge in [0.25, 0.3) is 0 Å². The van der Waals surface area contributed by atoms with Crippen LogP contribution in [0.1, 0.15) is 30.5 Å². The monoisotopic (exact) mass is 347 g/mol. The molecule has 1 fully saturated rings. The smallest absolute Gasteiger partial charge is 0.163 e. The first kappa shape index (κ1) is 20.8. The van der Waals surface area contributed by atoms with Crippen molar-refractivity contribution >= 4 is 24.8 Å². The van der Waals surface area contributed by atoms with E-state index < -0.39 is 0 Å². The van der Waals surface area contributed by atoms with Crippen molar-refractivity contribution in [3.8, 4) is 17.6 Å². The summed E-state index contributed by atoms with van der Waals surface area (Å²) < 4.78 is 5.18. The number of phenolic OH excluding ortho intramolecular Hbond substituents is 1. The van der Waals surface area contributed by atoms with Crippen LogP contribution in [-0.2, 0) is 0 Å². The molecule has 0 bridgehead atoms. The molecule has 0 amide bonds. The summed E-state index contributed by atoms with van der Waals surface area (Å²) in [7, 11) is 1.52. The minimum absolute atomic E-state index is 0. The number of ether oxygens (including phenoxy) is 1. The Balaban J connectivity index is 0.00000220. The maximum atomic E-state index is 10.4. The lowest BCUT2D eigenvalue weighted by Crippen LogP contribution is -2.45. The molecule has 1 aromatic carbocycles. The molecular weight excluding hydrogens is 325 g/mol. The van der Waals surface area contributed by atoms with Crippen molar-refractivity contribution in [1.82, 2.24) is 10.2 Å². The third-order valence-electron chi connectivity index (χ3n) is 3.83. The van der Waals surface area contributed by atoms with Gasteiger partial charge in [0, 0.05) is 37.8 Å². The van der Waals surface area contributed by atoms with Gasteiger partial charge in [0.15, 0.2) is 11.5 Å². The molecule has 5 nitrogen and oxygen atoms in total. The average Bonchev–Trinajstić information content (AvgIpc) is 2.50. The molecule has 0 aliphatic carbocycles. The first-order valence-electron chi connectivity index (χ1n) is 6.97. The Morgan fingerprint density at radius 1 is 1.36 bits per heavy atom. The molecule has 1 heterocycles. The van der Waals surface area contributed by atoms with Crippen LogP contribution in [0, 0.1) is 11.3 Å². The van der Waals surface area contributed by atoms with Gasteiger partial charge < -0.3 is 15.2 Å². The van der Waals surface area contributed by atoms with Gasteiger partial charge in [0.1, 0.15) is 0 Å². The lowest BCUT2D eigenvalue weighted by Gasteiger charge is -2.35. The number of rotatable bonds is 4. The zero-order chi connectivity index (χ0) is 14.5. The fourth-order valence-electron chi connectivity index (χ4n) is 2.83. The van der Waals surface area contributed by atoms with Crippen molar-refractivity contribution in [2.24, 2.45) is 0 Å². The Morgan fingerprint density at radius 2 is 2.00 bits per heavy atom. The molecular formula is C15H23Cl2N3O2. The molecule has 2 rings (SSSR count). The van der Waals surface area contributed by atoms with E-state index in [0.717, 1.165) is 32.6 Å². The maximum absolute atomic E-state index is 10.4. The molecule has 0 saturated carbocycles. The van der Waals surface area contributed by atoms with Crippen LogP contribution in [0.3, 0.4) is 0 Å². The van der Waals surface area contributed by atoms with Crippen molar-refractivity contribution < 1.29 is 9.84 Å². The highest BCUT2D eigenvalue weighted by molar-refractivity contribution is 5.85. The lowest BCUT2D eigenvalue weighted by atomic mass is 9.95. The van der Waals surface area contributed by atoms with Gasteiger partial charge in [-0.05, 0) is 18.6 Å². The number of hydrogen-bond donors (Lipinski definition) is 2. The van der Waals surface area contributed by atoms with Gasteiger partial charge in [-0.3, -0.25) is 4.90 Å². The van der Waals surface area contributed by atoms with Crippen molar-refractivity contribution in [1.29, 1.82) is 5.26 Å². The van der Waals surface area contributed by atoms with Gasteiger partial charge in [-0.1, -0.05) is 6.92 Å². The highest BCUT2D eigenvalue weighted by Gasteiger charge is 2.27. The molecule has 7 heteroatoms. The number of piperazine rings is 1. The molecule has 1 aliphatic heterocycles. The largest absolute Gasteiger partial charge is 0.504 e. The standard InChI is InChI=1S/C15H21N3O2.2ClH/c1-3-12(18-8-6-17-7-9-18)14-11(10-16)4-5-13(20-2)15(14)19;;/h4-5,12,17,19H,3,6-9H2,1-2H3;2*1H/t12-;;/m0../s1. The summed E-state index contributed by atoms with van der Waals surface area (Å²) in [6.07, 6.45) is 0.843. The second-order valence-electron chi connectivity index (χ2n) is 4.90. The SMILES string of the molecule is CC[C@@H](c1c(C#N)ccc(OC)c1O)N1CCNCC1.Cl.Cl. The first-order chi connectivity index (χ1) is 9.72. The highest BCUT2D eigenvalue weighted by Crippen LogP contribution is 2.39. The zero-order valence-corrected chi connectivity index (χ0v) is 14.5. The predicted molar refractivity (Wildman–Crippen MR) is 91.3 cm³/mol. The minimum Gasteiger partial charge on any atom is -0.504 e. The van der Waals surface area contributed by atoms with Crippen LogP contribution in [0.25, 0.3) is 0 Å². The lowest BCUT2D eigenvalue weighted by molar-refractivity contribution is 0.166. The predicted octanol–water partition coefficient (Wildman–Crippen LogP) is 2.47. The molecule has 0 unspecified atom stereocenters. The van der Waals surface area contributed by atoms with E-state index in [4.69, 9.17) is 4.74 Å². The highest BCUT2D eigenvalue weighted by atomic mass is 35.5. The Kier molecular flexibility index (Phi) is 9.22. The second kappa shape index (κ2) is 9.75. The van der Waals surface area contributed by atoms with Crippen molar-refractivity contribution in [2.75, 3.05) is 33.3 Å². The third-order valence-corrected chi connectivity index (χ3v) is 3.83. The molecule has 1 aliphatic rings. The summed E-state index contributed by atoms with van der Waals surface area (Å²) in [5.41, 5.74) is 1.21. The number of benzene rings is 1. The van der Waals surface area contributed by atoms with Gasteiger partial charge in [-0.2, -0.15) is 5.26 Å². The number of halogens is 2. The average molecular weight is 348 g/mol. The summed E-state index contributed by atoms with van der Waals surface area (Å²) >= 11 is 0. The zero-order valence-electron chi connectivity index (χ0n) is 12.8. The third kappa shape index (κ3) is 4.17. The number of nitrogens with zero attached hydrogens (tertiary/aromatic N) is 2. The molecule has 0 aromatic heterocycles. The number of hydrogen-bond acceptors (Lipinski definition) is 5.